The molecular weight excluding hydrogens is 293 g/mol. The smallest absolute Gasteiger partial charge is 1.00 e. The fourth-order valence-electron chi connectivity index (χ4n) is 2.14. The van der Waals surface area contributed by atoms with Gasteiger partial charge < -0.3 is 17.0 Å². The molecule has 0 aliphatic heterocycles. The van der Waals surface area contributed by atoms with Crippen LogP contribution in [0, 0.1) is 0 Å². The topological polar surface area (TPSA) is 89.6 Å². The van der Waals surface area contributed by atoms with Crippen molar-refractivity contribution in [1.29, 1.82) is 0 Å². The van der Waals surface area contributed by atoms with Crippen LogP contribution < -0.4 is 35.3 Å². The number of carboxylic acids is 1. The summed E-state index contributed by atoms with van der Waals surface area (Å²) in [6.45, 7) is 2.56. The number of hydrogen-bond acceptors (Lipinski definition) is 4. The molecule has 1 atom stereocenters. The van der Waals surface area contributed by atoms with Crippen LogP contribution in [0.1, 0.15) is 79.0 Å². The molecule has 0 aromatic rings. The number of rotatable bonds is 14. The molecule has 5 nitrogen and oxygen atoms in total. The molecule has 0 saturated carbocycles. The number of esters is 1. The zero-order valence-electron chi connectivity index (χ0n) is 15.3. The fraction of sp³-hybridized carbons (Fsp3) is 0.875. The largest absolute Gasteiger partial charge is 1.00 e. The van der Waals surface area contributed by atoms with Gasteiger partial charge in [-0.15, -0.1) is 0 Å². The molecule has 0 rings (SSSR count). The van der Waals surface area contributed by atoms with Crippen molar-refractivity contribution < 1.29 is 50.4 Å². The van der Waals surface area contributed by atoms with Gasteiger partial charge in [-0.2, -0.15) is 0 Å². The molecule has 0 aromatic carbocycles. The number of carboxylic acid groups (broad SMARTS) is 1. The number of aliphatic carboxylic acids is 1. The Bertz CT molecular complexity index is 293. The van der Waals surface area contributed by atoms with Crippen molar-refractivity contribution in [1.82, 2.24) is 0 Å². The summed E-state index contributed by atoms with van der Waals surface area (Å²) < 4.78 is 4.95. The van der Waals surface area contributed by atoms with Gasteiger partial charge in [0.25, 0.3) is 0 Å². The Labute approximate surface area is 158 Å². The molecule has 0 amide bonds. The molecule has 3 N–H and O–H groups in total. The molecule has 0 aliphatic carbocycles. The molecule has 0 radical (unpaired) electrons. The monoisotopic (exact) mass is 325 g/mol. The number of ether oxygens (including phenoxy) is 1. The van der Waals surface area contributed by atoms with Gasteiger partial charge in [0.05, 0.1) is 13.0 Å². The average Bonchev–Trinajstić information content (AvgIpc) is 2.43. The summed E-state index contributed by atoms with van der Waals surface area (Å²) in [5.41, 5.74) is 5.39. The van der Waals surface area contributed by atoms with E-state index in [1.807, 2.05) is 0 Å². The first-order chi connectivity index (χ1) is 10.1. The minimum absolute atomic E-state index is 0. The van der Waals surface area contributed by atoms with E-state index in [1.54, 1.807) is 0 Å². The second kappa shape index (κ2) is 17.3. The van der Waals surface area contributed by atoms with Crippen molar-refractivity contribution >= 4 is 11.9 Å². The average molecular weight is 325 g/mol. The Morgan fingerprint density at radius 1 is 1.00 bits per heavy atom. The van der Waals surface area contributed by atoms with Gasteiger partial charge in [0.2, 0.25) is 0 Å². The van der Waals surface area contributed by atoms with Crippen LogP contribution in [-0.4, -0.2) is 29.7 Å². The van der Waals surface area contributed by atoms with E-state index in [0.717, 1.165) is 19.3 Å². The standard InChI is InChI=1S/C16H31NO4.Na.H/c1-2-3-4-5-6-7-8-9-10-11-12-21-16(20)14(17)13-15(18)19;;/h14H,2-13,17H2,1H3,(H,18,19);;/q;+1;-1. The normalized spacial score (nSPS) is 11.5. The molecule has 0 aliphatic rings. The SMILES string of the molecule is CCCCCCCCCCCCOC(=O)C(N)CC(=O)O.[H-].[Na+]. The Balaban J connectivity index is -0.00000200. The van der Waals surface area contributed by atoms with Gasteiger partial charge in [-0.1, -0.05) is 64.7 Å². The van der Waals surface area contributed by atoms with E-state index in [2.05, 4.69) is 6.92 Å². The van der Waals surface area contributed by atoms with E-state index in [-0.39, 0.29) is 37.4 Å². The van der Waals surface area contributed by atoms with Crippen LogP contribution in [0.5, 0.6) is 0 Å². The zero-order chi connectivity index (χ0) is 15.9. The van der Waals surface area contributed by atoms with E-state index >= 15 is 0 Å². The van der Waals surface area contributed by atoms with Crippen molar-refractivity contribution in [2.75, 3.05) is 6.61 Å². The fourth-order valence-corrected chi connectivity index (χ4v) is 2.14. The Morgan fingerprint density at radius 2 is 1.45 bits per heavy atom. The molecule has 0 spiro atoms. The number of unbranched alkanes of at least 4 members (excludes halogenated alkanes) is 9. The predicted octanol–water partition coefficient (Wildman–Crippen LogP) is 0.369. The summed E-state index contributed by atoms with van der Waals surface area (Å²) in [4.78, 5) is 21.7. The maximum absolute atomic E-state index is 11.3. The van der Waals surface area contributed by atoms with Crippen LogP contribution in [0.2, 0.25) is 0 Å². The van der Waals surface area contributed by atoms with Gasteiger partial charge in [-0.05, 0) is 6.42 Å². The van der Waals surface area contributed by atoms with E-state index in [4.69, 9.17) is 15.6 Å². The molecular formula is C16H32NNaO4. The Hall–Kier alpha value is -0.100. The summed E-state index contributed by atoms with van der Waals surface area (Å²) in [5, 5.41) is 8.51. The van der Waals surface area contributed by atoms with E-state index < -0.39 is 18.0 Å². The van der Waals surface area contributed by atoms with Crippen molar-refractivity contribution in [2.24, 2.45) is 5.73 Å². The minimum atomic E-state index is -1.08. The molecule has 0 heterocycles. The summed E-state index contributed by atoms with van der Waals surface area (Å²) in [5.74, 6) is -1.70. The first-order valence-corrected chi connectivity index (χ1v) is 8.22. The zero-order valence-corrected chi connectivity index (χ0v) is 16.3. The van der Waals surface area contributed by atoms with Crippen molar-refractivity contribution in [3.63, 3.8) is 0 Å². The maximum Gasteiger partial charge on any atom is 1.00 e. The molecule has 0 fully saturated rings. The van der Waals surface area contributed by atoms with Crippen LogP contribution in [0.15, 0.2) is 0 Å². The van der Waals surface area contributed by atoms with E-state index in [9.17, 15) is 9.59 Å². The van der Waals surface area contributed by atoms with Gasteiger partial charge in [-0.3, -0.25) is 9.59 Å². The van der Waals surface area contributed by atoms with Crippen LogP contribution in [-0.2, 0) is 14.3 Å². The second-order valence-electron chi connectivity index (χ2n) is 5.55. The van der Waals surface area contributed by atoms with Crippen molar-refractivity contribution in [3.05, 3.63) is 0 Å². The summed E-state index contributed by atoms with van der Waals surface area (Å²) >= 11 is 0. The van der Waals surface area contributed by atoms with Gasteiger partial charge in [0, 0.05) is 0 Å². The Kier molecular flexibility index (Phi) is 18.9. The van der Waals surface area contributed by atoms with Gasteiger partial charge in [0.1, 0.15) is 6.04 Å². The van der Waals surface area contributed by atoms with Gasteiger partial charge >= 0.3 is 41.5 Å². The molecule has 1 unspecified atom stereocenters. The van der Waals surface area contributed by atoms with Gasteiger partial charge in [-0.25, -0.2) is 0 Å². The Morgan fingerprint density at radius 3 is 1.91 bits per heavy atom. The summed E-state index contributed by atoms with van der Waals surface area (Å²) in [6.07, 6.45) is 11.8. The molecule has 0 bridgehead atoms. The number of carbonyl (C=O) groups is 2. The van der Waals surface area contributed by atoms with Crippen molar-refractivity contribution in [2.45, 2.75) is 83.6 Å². The second-order valence-corrected chi connectivity index (χ2v) is 5.55. The number of hydrogen-bond donors (Lipinski definition) is 2. The third-order valence-corrected chi connectivity index (χ3v) is 3.44. The first-order valence-electron chi connectivity index (χ1n) is 8.22. The molecule has 0 saturated heterocycles. The third-order valence-electron chi connectivity index (χ3n) is 3.44. The van der Waals surface area contributed by atoms with Crippen LogP contribution >= 0.6 is 0 Å². The van der Waals surface area contributed by atoms with E-state index in [0.29, 0.717) is 6.61 Å². The van der Waals surface area contributed by atoms with Crippen LogP contribution in [0.4, 0.5) is 0 Å². The third kappa shape index (κ3) is 16.3. The molecule has 6 heteroatoms. The molecule has 22 heavy (non-hydrogen) atoms. The number of nitrogens with two attached hydrogens (primary N) is 1. The minimum Gasteiger partial charge on any atom is -1.00 e. The molecule has 126 valence electrons. The van der Waals surface area contributed by atoms with Gasteiger partial charge in [0.15, 0.2) is 0 Å². The van der Waals surface area contributed by atoms with Crippen molar-refractivity contribution in [3.8, 4) is 0 Å². The van der Waals surface area contributed by atoms with Crippen LogP contribution in [0.3, 0.4) is 0 Å². The predicted molar refractivity (Wildman–Crippen MR) is 84.1 cm³/mol. The van der Waals surface area contributed by atoms with Crippen LogP contribution in [0.25, 0.3) is 0 Å². The summed E-state index contributed by atoms with van der Waals surface area (Å²) in [6, 6.07) is -1.05. The number of carbonyl (C=O) groups excluding carboxylic acids is 1. The van der Waals surface area contributed by atoms with E-state index in [1.165, 1.54) is 44.9 Å². The maximum atomic E-state index is 11.3. The molecule has 0 aromatic heterocycles. The first kappa shape index (κ1) is 24.2. The summed E-state index contributed by atoms with van der Waals surface area (Å²) in [7, 11) is 0. The quantitative estimate of drug-likeness (QED) is 0.274.